The van der Waals surface area contributed by atoms with Gasteiger partial charge in [-0.25, -0.2) is 0 Å². The van der Waals surface area contributed by atoms with Crippen LogP contribution in [0.1, 0.15) is 44.9 Å². The first-order valence-corrected chi connectivity index (χ1v) is 7.31. The van der Waals surface area contributed by atoms with Crippen LogP contribution in [-0.4, -0.2) is 35.8 Å². The lowest BCUT2D eigenvalue weighted by Crippen LogP contribution is -2.38. The smallest absolute Gasteiger partial charge is 0.0351 e. The highest BCUT2D eigenvalue weighted by Crippen LogP contribution is 2.21. The van der Waals surface area contributed by atoms with E-state index in [4.69, 9.17) is 23.2 Å². The summed E-state index contributed by atoms with van der Waals surface area (Å²) >= 11 is 11.7. The van der Waals surface area contributed by atoms with Crippen molar-refractivity contribution in [2.75, 3.05) is 24.8 Å². The van der Waals surface area contributed by atoms with Crippen LogP contribution in [0.4, 0.5) is 0 Å². The summed E-state index contributed by atoms with van der Waals surface area (Å²) in [5, 5.41) is 0. The third-order valence-electron chi connectivity index (χ3n) is 3.33. The lowest BCUT2D eigenvalue weighted by molar-refractivity contribution is 0.184. The number of alkyl halides is 2. The van der Waals surface area contributed by atoms with Crippen LogP contribution < -0.4 is 0 Å². The van der Waals surface area contributed by atoms with Gasteiger partial charge in [0.25, 0.3) is 0 Å². The first kappa shape index (κ1) is 13.6. The fourth-order valence-electron chi connectivity index (χ4n) is 2.49. The van der Waals surface area contributed by atoms with Gasteiger partial charge in [-0.15, -0.1) is 23.2 Å². The Morgan fingerprint density at radius 3 is 1.73 bits per heavy atom. The number of hydrogen-bond acceptors (Lipinski definition) is 1. The van der Waals surface area contributed by atoms with Crippen LogP contribution in [-0.2, 0) is 0 Å². The molecule has 0 atom stereocenters. The molecular formula is C12H23Cl2N. The summed E-state index contributed by atoms with van der Waals surface area (Å²) in [5.74, 6) is 1.46. The lowest BCUT2D eigenvalue weighted by Gasteiger charge is -2.32. The molecule has 0 amide bonds. The van der Waals surface area contributed by atoms with Gasteiger partial charge in [-0.1, -0.05) is 32.1 Å². The van der Waals surface area contributed by atoms with Gasteiger partial charge < -0.3 is 0 Å². The van der Waals surface area contributed by atoms with Crippen molar-refractivity contribution in [3.8, 4) is 0 Å². The van der Waals surface area contributed by atoms with Gasteiger partial charge in [-0.05, 0) is 12.8 Å². The van der Waals surface area contributed by atoms with Gasteiger partial charge in [0.15, 0.2) is 0 Å². The van der Waals surface area contributed by atoms with Crippen molar-refractivity contribution in [1.82, 2.24) is 4.90 Å². The Hall–Kier alpha value is 0.540. The van der Waals surface area contributed by atoms with Crippen molar-refractivity contribution in [1.29, 1.82) is 0 Å². The Bertz CT molecular complexity index is 139. The van der Waals surface area contributed by atoms with Gasteiger partial charge in [-0.3, -0.25) is 4.90 Å². The molecular weight excluding hydrogens is 229 g/mol. The largest absolute Gasteiger partial charge is 0.298 e. The molecule has 1 nitrogen and oxygen atoms in total. The molecule has 1 aliphatic carbocycles. The van der Waals surface area contributed by atoms with Gasteiger partial charge in [-0.2, -0.15) is 0 Å². The first-order valence-electron chi connectivity index (χ1n) is 6.24. The highest BCUT2D eigenvalue weighted by atomic mass is 35.5. The predicted octanol–water partition coefficient (Wildman–Crippen LogP) is 3.88. The zero-order valence-electron chi connectivity index (χ0n) is 9.56. The van der Waals surface area contributed by atoms with E-state index in [0.29, 0.717) is 0 Å². The van der Waals surface area contributed by atoms with Crippen LogP contribution in [0.5, 0.6) is 0 Å². The summed E-state index contributed by atoms with van der Waals surface area (Å²) in [6, 6.07) is 0.739. The van der Waals surface area contributed by atoms with Crippen molar-refractivity contribution in [3.05, 3.63) is 0 Å². The van der Waals surface area contributed by atoms with Crippen molar-refractivity contribution < 1.29 is 0 Å². The molecule has 15 heavy (non-hydrogen) atoms. The van der Waals surface area contributed by atoms with Crippen LogP contribution in [0, 0.1) is 0 Å². The van der Waals surface area contributed by atoms with E-state index in [2.05, 4.69) is 4.90 Å². The van der Waals surface area contributed by atoms with Gasteiger partial charge in [0.1, 0.15) is 0 Å². The monoisotopic (exact) mass is 251 g/mol. The molecule has 0 aliphatic heterocycles. The maximum Gasteiger partial charge on any atom is 0.0351 e. The van der Waals surface area contributed by atoms with Crippen LogP contribution in [0.2, 0.25) is 0 Å². The van der Waals surface area contributed by atoms with E-state index in [1.165, 1.54) is 44.9 Å². The molecule has 0 radical (unpaired) electrons. The minimum Gasteiger partial charge on any atom is -0.298 e. The van der Waals surface area contributed by atoms with E-state index in [9.17, 15) is 0 Å². The van der Waals surface area contributed by atoms with Gasteiger partial charge in [0.05, 0.1) is 0 Å². The Balaban J connectivity index is 2.38. The van der Waals surface area contributed by atoms with Crippen molar-refractivity contribution in [2.45, 2.75) is 51.0 Å². The molecule has 0 aromatic carbocycles. The fourth-order valence-corrected chi connectivity index (χ4v) is 2.93. The van der Waals surface area contributed by atoms with E-state index < -0.39 is 0 Å². The Morgan fingerprint density at radius 2 is 1.27 bits per heavy atom. The Labute approximate surface area is 104 Å². The van der Waals surface area contributed by atoms with Crippen molar-refractivity contribution in [3.63, 3.8) is 0 Å². The summed E-state index contributed by atoms with van der Waals surface area (Å²) in [7, 11) is 0. The molecule has 0 saturated heterocycles. The molecule has 0 N–H and O–H groups in total. The fraction of sp³-hybridized carbons (Fsp3) is 1.00. The molecule has 0 spiro atoms. The van der Waals surface area contributed by atoms with E-state index in [1.54, 1.807) is 0 Å². The zero-order valence-corrected chi connectivity index (χ0v) is 11.1. The highest BCUT2D eigenvalue weighted by molar-refractivity contribution is 6.18. The Morgan fingerprint density at radius 1 is 0.800 bits per heavy atom. The molecule has 1 fully saturated rings. The molecule has 1 rings (SSSR count). The molecule has 0 aromatic rings. The SMILES string of the molecule is ClCCN(CCCl)C1CCCCCCC1. The number of nitrogens with zero attached hydrogens (tertiary/aromatic N) is 1. The zero-order chi connectivity index (χ0) is 10.9. The maximum atomic E-state index is 5.84. The molecule has 0 bridgehead atoms. The second kappa shape index (κ2) is 8.66. The number of hydrogen-bond donors (Lipinski definition) is 0. The minimum atomic E-state index is 0.730. The first-order chi connectivity index (χ1) is 7.38. The average Bonchev–Trinajstić information content (AvgIpc) is 2.17. The van der Waals surface area contributed by atoms with E-state index in [-0.39, 0.29) is 0 Å². The molecule has 3 heteroatoms. The molecule has 0 heterocycles. The summed E-state index contributed by atoms with van der Waals surface area (Å²) in [6.07, 6.45) is 9.69. The van der Waals surface area contributed by atoms with Crippen LogP contribution in [0.3, 0.4) is 0 Å². The lowest BCUT2D eigenvalue weighted by atomic mass is 9.95. The van der Waals surface area contributed by atoms with E-state index in [0.717, 1.165) is 30.9 Å². The maximum absolute atomic E-state index is 5.84. The summed E-state index contributed by atoms with van der Waals surface area (Å²) in [5.41, 5.74) is 0. The average molecular weight is 252 g/mol. The number of halogens is 2. The second-order valence-corrected chi connectivity index (χ2v) is 5.17. The van der Waals surface area contributed by atoms with Crippen molar-refractivity contribution in [2.24, 2.45) is 0 Å². The summed E-state index contributed by atoms with van der Waals surface area (Å²) in [6.45, 7) is 2.00. The van der Waals surface area contributed by atoms with Crippen LogP contribution in [0.15, 0.2) is 0 Å². The third-order valence-corrected chi connectivity index (χ3v) is 3.67. The van der Waals surface area contributed by atoms with Crippen LogP contribution >= 0.6 is 23.2 Å². The van der Waals surface area contributed by atoms with E-state index >= 15 is 0 Å². The minimum absolute atomic E-state index is 0.730. The molecule has 0 aromatic heterocycles. The van der Waals surface area contributed by atoms with Crippen LogP contribution in [0.25, 0.3) is 0 Å². The quantitative estimate of drug-likeness (QED) is 0.671. The standard InChI is InChI=1S/C12H23Cl2N/c13-8-10-15(11-9-14)12-6-4-2-1-3-5-7-12/h12H,1-11H2. The van der Waals surface area contributed by atoms with Gasteiger partial charge in [0, 0.05) is 30.9 Å². The van der Waals surface area contributed by atoms with E-state index in [1.807, 2.05) is 0 Å². The highest BCUT2D eigenvalue weighted by Gasteiger charge is 2.18. The second-order valence-electron chi connectivity index (χ2n) is 4.41. The van der Waals surface area contributed by atoms with Gasteiger partial charge >= 0.3 is 0 Å². The summed E-state index contributed by atoms with van der Waals surface area (Å²) in [4.78, 5) is 2.49. The van der Waals surface area contributed by atoms with Crippen molar-refractivity contribution >= 4 is 23.2 Å². The topological polar surface area (TPSA) is 3.24 Å². The third kappa shape index (κ3) is 5.42. The predicted molar refractivity (Wildman–Crippen MR) is 69.1 cm³/mol. The number of rotatable bonds is 5. The normalized spacial score (nSPS) is 20.2. The molecule has 0 unspecified atom stereocenters. The molecule has 1 aliphatic rings. The Kier molecular flexibility index (Phi) is 7.86. The molecule has 1 saturated carbocycles. The summed E-state index contributed by atoms with van der Waals surface area (Å²) < 4.78 is 0. The van der Waals surface area contributed by atoms with Gasteiger partial charge in [0.2, 0.25) is 0 Å². The molecule has 90 valence electrons.